The van der Waals surface area contributed by atoms with Crippen molar-refractivity contribution in [3.63, 3.8) is 0 Å². The van der Waals surface area contributed by atoms with Gasteiger partial charge in [0, 0.05) is 23.1 Å². The molecule has 0 amide bonds. The molecule has 4 rings (SSSR count). The molecule has 0 spiro atoms. The maximum atomic E-state index is 5.38. The number of nitrogens with zero attached hydrogens (tertiary/aromatic N) is 2. The summed E-state index contributed by atoms with van der Waals surface area (Å²) in [6, 6.07) is 9.53. The second-order valence-corrected chi connectivity index (χ2v) is 7.82. The SMILES string of the molecule is COc1ccc(-c2csc(Nc3nc4cc(OC)c(OC)cc4s3)n2)cc1OC. The minimum absolute atomic E-state index is 0.654. The number of anilines is 2. The van der Waals surface area contributed by atoms with Gasteiger partial charge < -0.3 is 24.3 Å². The van der Waals surface area contributed by atoms with E-state index in [-0.39, 0.29) is 0 Å². The van der Waals surface area contributed by atoms with Gasteiger partial charge in [0.15, 0.2) is 33.3 Å². The Balaban J connectivity index is 1.59. The molecule has 0 aliphatic heterocycles. The van der Waals surface area contributed by atoms with Crippen LogP contribution in [0.2, 0.25) is 0 Å². The first-order valence-corrected chi connectivity index (χ1v) is 10.3. The summed E-state index contributed by atoms with van der Waals surface area (Å²) in [7, 11) is 6.47. The highest BCUT2D eigenvalue weighted by molar-refractivity contribution is 7.22. The van der Waals surface area contributed by atoms with E-state index in [0.717, 1.165) is 31.7 Å². The van der Waals surface area contributed by atoms with E-state index in [0.29, 0.717) is 23.0 Å². The lowest BCUT2D eigenvalue weighted by atomic mass is 10.1. The molecule has 0 saturated carbocycles. The Morgan fingerprint density at radius 3 is 2.17 bits per heavy atom. The van der Waals surface area contributed by atoms with Crippen LogP contribution in [0.3, 0.4) is 0 Å². The van der Waals surface area contributed by atoms with Crippen molar-refractivity contribution >= 4 is 43.2 Å². The van der Waals surface area contributed by atoms with Gasteiger partial charge in [-0.25, -0.2) is 9.97 Å². The van der Waals surface area contributed by atoms with Crippen molar-refractivity contribution < 1.29 is 18.9 Å². The fraction of sp³-hybridized carbons (Fsp3) is 0.200. The van der Waals surface area contributed by atoms with Crippen molar-refractivity contribution in [2.75, 3.05) is 33.8 Å². The highest BCUT2D eigenvalue weighted by Gasteiger charge is 2.13. The Labute approximate surface area is 175 Å². The minimum Gasteiger partial charge on any atom is -0.493 e. The molecule has 0 unspecified atom stereocenters. The van der Waals surface area contributed by atoms with Gasteiger partial charge in [-0.15, -0.1) is 11.3 Å². The number of hydrogen-bond acceptors (Lipinski definition) is 9. The highest BCUT2D eigenvalue weighted by Crippen LogP contribution is 2.38. The number of nitrogens with one attached hydrogen (secondary N) is 1. The van der Waals surface area contributed by atoms with Gasteiger partial charge in [0.25, 0.3) is 0 Å². The first-order chi connectivity index (χ1) is 14.1. The van der Waals surface area contributed by atoms with E-state index in [9.17, 15) is 0 Å². The van der Waals surface area contributed by atoms with Gasteiger partial charge in [0.2, 0.25) is 0 Å². The molecule has 0 fully saturated rings. The average Bonchev–Trinajstić information content (AvgIpc) is 3.38. The number of hydrogen-bond donors (Lipinski definition) is 1. The lowest BCUT2D eigenvalue weighted by Crippen LogP contribution is -1.91. The lowest BCUT2D eigenvalue weighted by molar-refractivity contribution is 0.355. The van der Waals surface area contributed by atoms with E-state index >= 15 is 0 Å². The zero-order chi connectivity index (χ0) is 20.4. The second-order valence-electron chi connectivity index (χ2n) is 5.93. The van der Waals surface area contributed by atoms with Crippen molar-refractivity contribution in [3.05, 3.63) is 35.7 Å². The molecule has 29 heavy (non-hydrogen) atoms. The molecule has 1 N–H and O–H groups in total. The Hall–Kier alpha value is -3.04. The molecule has 2 aromatic heterocycles. The Morgan fingerprint density at radius 2 is 1.45 bits per heavy atom. The smallest absolute Gasteiger partial charge is 0.190 e. The third kappa shape index (κ3) is 3.79. The summed E-state index contributed by atoms with van der Waals surface area (Å²) in [4.78, 5) is 9.30. The quantitative estimate of drug-likeness (QED) is 0.433. The van der Waals surface area contributed by atoms with Crippen molar-refractivity contribution in [3.8, 4) is 34.3 Å². The summed E-state index contributed by atoms with van der Waals surface area (Å²) in [5, 5.41) is 6.79. The molecular formula is C20H19N3O4S2. The lowest BCUT2D eigenvalue weighted by Gasteiger charge is -2.08. The predicted molar refractivity (Wildman–Crippen MR) is 117 cm³/mol. The summed E-state index contributed by atoms with van der Waals surface area (Å²) < 4.78 is 22.4. The number of thiazole rings is 2. The van der Waals surface area contributed by atoms with Crippen molar-refractivity contribution in [1.82, 2.24) is 9.97 Å². The van der Waals surface area contributed by atoms with Crippen LogP contribution in [-0.2, 0) is 0 Å². The molecule has 9 heteroatoms. The van der Waals surface area contributed by atoms with Crippen LogP contribution in [0.25, 0.3) is 21.5 Å². The second kappa shape index (κ2) is 8.14. The van der Waals surface area contributed by atoms with Gasteiger partial charge in [-0.2, -0.15) is 0 Å². The van der Waals surface area contributed by atoms with Gasteiger partial charge in [-0.05, 0) is 18.2 Å². The first kappa shape index (κ1) is 19.3. The van der Waals surface area contributed by atoms with E-state index in [4.69, 9.17) is 18.9 Å². The number of fused-ring (bicyclic) bond motifs is 1. The van der Waals surface area contributed by atoms with Crippen molar-refractivity contribution in [2.45, 2.75) is 0 Å². The van der Waals surface area contributed by atoms with Crippen LogP contribution in [0.15, 0.2) is 35.7 Å². The zero-order valence-corrected chi connectivity index (χ0v) is 17.9. The number of benzene rings is 2. The number of rotatable bonds is 7. The fourth-order valence-electron chi connectivity index (χ4n) is 2.86. The van der Waals surface area contributed by atoms with Crippen LogP contribution in [0.1, 0.15) is 0 Å². The molecule has 0 atom stereocenters. The molecular weight excluding hydrogens is 410 g/mol. The van der Waals surface area contributed by atoms with Crippen molar-refractivity contribution in [1.29, 1.82) is 0 Å². The summed E-state index contributed by atoms with van der Waals surface area (Å²) >= 11 is 3.04. The van der Waals surface area contributed by atoms with Gasteiger partial charge in [-0.3, -0.25) is 0 Å². The largest absolute Gasteiger partial charge is 0.493 e. The third-order valence-corrected chi connectivity index (χ3v) is 5.98. The molecule has 0 saturated heterocycles. The van der Waals surface area contributed by atoms with Crippen LogP contribution in [0.4, 0.5) is 10.3 Å². The molecule has 150 valence electrons. The molecule has 7 nitrogen and oxygen atoms in total. The Bertz CT molecular complexity index is 1120. The van der Waals surface area contributed by atoms with Crippen LogP contribution in [-0.4, -0.2) is 38.4 Å². The standard InChI is InChI=1S/C20H19N3O4S2/c1-24-14-6-5-11(7-15(14)25-2)13-10-28-19(22-13)23-20-21-12-8-16(26-3)17(27-4)9-18(12)29-20/h5-10H,1-4H3,(H,21,22,23). The minimum atomic E-state index is 0.654. The van der Waals surface area contributed by atoms with Crippen LogP contribution >= 0.6 is 22.7 Å². The molecule has 4 aromatic rings. The monoisotopic (exact) mass is 429 g/mol. The topological polar surface area (TPSA) is 74.7 Å². The van der Waals surface area contributed by atoms with E-state index in [2.05, 4.69) is 15.3 Å². The summed E-state index contributed by atoms with van der Waals surface area (Å²) in [5.41, 5.74) is 2.64. The van der Waals surface area contributed by atoms with Gasteiger partial charge in [-0.1, -0.05) is 11.3 Å². The van der Waals surface area contributed by atoms with Crippen LogP contribution in [0, 0.1) is 0 Å². The molecule has 2 aromatic carbocycles. The Kier molecular flexibility index (Phi) is 5.41. The average molecular weight is 430 g/mol. The third-order valence-electron chi connectivity index (χ3n) is 4.29. The number of methoxy groups -OCH3 is 4. The van der Waals surface area contributed by atoms with Crippen molar-refractivity contribution in [2.24, 2.45) is 0 Å². The highest BCUT2D eigenvalue weighted by atomic mass is 32.1. The molecule has 0 aliphatic rings. The molecule has 0 radical (unpaired) electrons. The molecule has 0 aliphatic carbocycles. The van der Waals surface area contributed by atoms with E-state index < -0.39 is 0 Å². The summed E-state index contributed by atoms with van der Waals surface area (Å²) in [6.45, 7) is 0. The molecule has 0 bridgehead atoms. The van der Waals surface area contributed by atoms with Crippen LogP contribution < -0.4 is 24.3 Å². The predicted octanol–water partition coefficient (Wildman–Crippen LogP) is 5.20. The zero-order valence-electron chi connectivity index (χ0n) is 16.3. The van der Waals surface area contributed by atoms with Gasteiger partial charge in [0.05, 0.1) is 44.3 Å². The van der Waals surface area contributed by atoms with Gasteiger partial charge >= 0.3 is 0 Å². The van der Waals surface area contributed by atoms with Gasteiger partial charge in [0.1, 0.15) is 0 Å². The molecule has 2 heterocycles. The van der Waals surface area contributed by atoms with Crippen LogP contribution in [0.5, 0.6) is 23.0 Å². The maximum Gasteiger partial charge on any atom is 0.190 e. The number of ether oxygens (including phenoxy) is 4. The number of aromatic nitrogens is 2. The van der Waals surface area contributed by atoms with E-state index in [1.807, 2.05) is 35.7 Å². The normalized spacial score (nSPS) is 10.8. The summed E-state index contributed by atoms with van der Waals surface area (Å²) in [6.07, 6.45) is 0. The van der Waals surface area contributed by atoms with E-state index in [1.165, 1.54) is 22.7 Å². The first-order valence-electron chi connectivity index (χ1n) is 8.62. The Morgan fingerprint density at radius 1 is 0.759 bits per heavy atom. The summed E-state index contributed by atoms with van der Waals surface area (Å²) in [5.74, 6) is 2.69. The maximum absolute atomic E-state index is 5.38. The van der Waals surface area contributed by atoms with E-state index in [1.54, 1.807) is 28.4 Å². The fourth-order valence-corrected chi connectivity index (χ4v) is 4.52.